The largest absolute Gasteiger partial charge is 0.504 e. The lowest BCUT2D eigenvalue weighted by molar-refractivity contribution is 0.399. The third-order valence-corrected chi connectivity index (χ3v) is 1.66. The van der Waals surface area contributed by atoms with Gasteiger partial charge in [-0.1, -0.05) is 6.07 Å². The van der Waals surface area contributed by atoms with Gasteiger partial charge in [-0.3, -0.25) is 0 Å². The van der Waals surface area contributed by atoms with Crippen LogP contribution in [-0.4, -0.2) is 35.6 Å². The molecule has 0 saturated heterocycles. The summed E-state index contributed by atoms with van der Waals surface area (Å²) in [6.45, 7) is -5.65. The number of likely N-dealkylation sites (N-methyl/N-ethyl adjacent to an activating group) is 1. The highest BCUT2D eigenvalue weighted by Gasteiger charge is 2.00. The van der Waals surface area contributed by atoms with E-state index in [1.165, 1.54) is 18.2 Å². The standard InChI is InChI=1S/C10H15NO2.BrH/c1-11(2)6-5-8-3-4-9(12)10(13)7-8;/h3-4,7,12-13H,5-6H2,1-2H3;1H/i1D3,2D3;. The molecule has 2 N–H and O–H groups in total. The Balaban J connectivity index is 0.00000361. The van der Waals surface area contributed by atoms with Crippen molar-refractivity contribution in [3.63, 3.8) is 0 Å². The molecule has 0 aliphatic carbocycles. The first kappa shape index (κ1) is 5.98. The van der Waals surface area contributed by atoms with Crippen LogP contribution in [0.25, 0.3) is 0 Å². The maximum Gasteiger partial charge on any atom is 0.157 e. The van der Waals surface area contributed by atoms with E-state index in [2.05, 4.69) is 0 Å². The summed E-state index contributed by atoms with van der Waals surface area (Å²) in [5.74, 6) is -0.612. The number of aromatic hydroxyl groups is 2. The second-order valence-corrected chi connectivity index (χ2v) is 2.72. The zero-order valence-electron chi connectivity index (χ0n) is 13.4. The molecule has 0 heterocycles. The zero-order valence-corrected chi connectivity index (χ0v) is 9.11. The van der Waals surface area contributed by atoms with E-state index in [1.807, 2.05) is 0 Å². The molecular weight excluding hydrogens is 246 g/mol. The number of hydrogen-bond acceptors (Lipinski definition) is 3. The topological polar surface area (TPSA) is 43.7 Å². The third-order valence-electron chi connectivity index (χ3n) is 1.66. The summed E-state index contributed by atoms with van der Waals surface area (Å²) < 4.78 is 43.2. The van der Waals surface area contributed by atoms with Gasteiger partial charge in [0.05, 0.1) is 0 Å². The number of phenolic OH excluding ortho intramolecular Hbond substituents is 2. The minimum absolute atomic E-state index is 0. The van der Waals surface area contributed by atoms with Crippen molar-refractivity contribution in [2.75, 3.05) is 20.5 Å². The number of phenols is 2. The van der Waals surface area contributed by atoms with Crippen molar-refractivity contribution < 1.29 is 18.4 Å². The van der Waals surface area contributed by atoms with E-state index in [-0.39, 0.29) is 41.4 Å². The Morgan fingerprint density at radius 2 is 2.00 bits per heavy atom. The molecule has 0 aliphatic rings. The smallest absolute Gasteiger partial charge is 0.157 e. The van der Waals surface area contributed by atoms with Crippen LogP contribution in [0.3, 0.4) is 0 Å². The SMILES string of the molecule is Br.[2H]C([2H])([2H])N(CCc1ccc(O)c(O)c1)C([2H])([2H])[2H]. The average Bonchev–Trinajstić information content (AvgIpc) is 2.19. The van der Waals surface area contributed by atoms with Gasteiger partial charge in [-0.05, 0) is 38.1 Å². The highest BCUT2D eigenvalue weighted by molar-refractivity contribution is 8.93. The Kier molecular flexibility index (Phi) is 2.51. The van der Waals surface area contributed by atoms with Crippen LogP contribution in [0.1, 0.15) is 13.8 Å². The normalized spacial score (nSPS) is 18.1. The van der Waals surface area contributed by atoms with Crippen molar-refractivity contribution in [3.05, 3.63) is 23.8 Å². The quantitative estimate of drug-likeness (QED) is 0.821. The number of benzene rings is 1. The van der Waals surface area contributed by atoms with Gasteiger partial charge in [0.2, 0.25) is 0 Å². The van der Waals surface area contributed by atoms with E-state index in [9.17, 15) is 5.11 Å². The van der Waals surface area contributed by atoms with Gasteiger partial charge in [0, 0.05) is 14.8 Å². The van der Waals surface area contributed by atoms with E-state index in [0.29, 0.717) is 10.5 Å². The summed E-state index contributed by atoms with van der Waals surface area (Å²) in [5, 5.41) is 18.4. The molecule has 0 unspecified atom stereocenters. The molecule has 0 saturated carbocycles. The zero-order chi connectivity index (χ0) is 14.8. The van der Waals surface area contributed by atoms with E-state index in [0.717, 1.165) is 0 Å². The first-order valence-electron chi connectivity index (χ1n) is 6.80. The van der Waals surface area contributed by atoms with Gasteiger partial charge in [0.25, 0.3) is 0 Å². The van der Waals surface area contributed by atoms with E-state index in [4.69, 9.17) is 13.3 Å². The maximum atomic E-state index is 9.30. The molecule has 3 nitrogen and oxygen atoms in total. The van der Waals surface area contributed by atoms with Gasteiger partial charge < -0.3 is 15.1 Å². The molecule has 4 heteroatoms. The van der Waals surface area contributed by atoms with Crippen molar-refractivity contribution in [1.29, 1.82) is 0 Å². The molecule has 80 valence electrons. The lowest BCUT2D eigenvalue weighted by atomic mass is 10.1. The number of halogens is 1. The molecule has 0 aromatic heterocycles. The van der Waals surface area contributed by atoms with Crippen molar-refractivity contribution in [1.82, 2.24) is 4.90 Å². The lowest BCUT2D eigenvalue weighted by Crippen LogP contribution is -2.14. The highest BCUT2D eigenvalue weighted by atomic mass is 79.9. The summed E-state index contributed by atoms with van der Waals surface area (Å²) >= 11 is 0. The van der Waals surface area contributed by atoms with E-state index in [1.54, 1.807) is 0 Å². The van der Waals surface area contributed by atoms with Crippen molar-refractivity contribution >= 4 is 17.0 Å². The van der Waals surface area contributed by atoms with Crippen LogP contribution in [-0.2, 0) is 6.42 Å². The Bertz CT molecular complexity index is 434. The maximum absolute atomic E-state index is 9.30. The van der Waals surface area contributed by atoms with Crippen molar-refractivity contribution in [2.45, 2.75) is 6.42 Å². The van der Waals surface area contributed by atoms with Crippen LogP contribution in [0.15, 0.2) is 18.2 Å². The molecule has 0 bridgehead atoms. The summed E-state index contributed by atoms with van der Waals surface area (Å²) in [7, 11) is 0. The van der Waals surface area contributed by atoms with Gasteiger partial charge >= 0.3 is 0 Å². The summed E-state index contributed by atoms with van der Waals surface area (Å²) in [4.78, 5) is 0.448. The molecule has 14 heavy (non-hydrogen) atoms. The van der Waals surface area contributed by atoms with Crippen molar-refractivity contribution in [2.24, 2.45) is 0 Å². The van der Waals surface area contributed by atoms with Crippen LogP contribution in [0.5, 0.6) is 11.5 Å². The first-order valence-corrected chi connectivity index (χ1v) is 3.80. The monoisotopic (exact) mass is 267 g/mol. The molecule has 1 aromatic rings. The Hall–Kier alpha value is -0.740. The molecule has 1 aromatic carbocycles. The molecule has 0 amide bonds. The van der Waals surface area contributed by atoms with Gasteiger partial charge in [-0.15, -0.1) is 17.0 Å². The Morgan fingerprint density at radius 3 is 2.57 bits per heavy atom. The summed E-state index contributed by atoms with van der Waals surface area (Å²) in [6, 6.07) is 4.03. The van der Waals surface area contributed by atoms with Gasteiger partial charge in [0.1, 0.15) is 0 Å². The molecule has 0 radical (unpaired) electrons. The third kappa shape index (κ3) is 3.98. The average molecular weight is 268 g/mol. The van der Waals surface area contributed by atoms with Gasteiger partial charge in [-0.2, -0.15) is 0 Å². The number of hydrogen-bond donors (Lipinski definition) is 2. The van der Waals surface area contributed by atoms with Gasteiger partial charge in [0.15, 0.2) is 11.5 Å². The molecule has 1 rings (SSSR count). The van der Waals surface area contributed by atoms with Crippen LogP contribution in [0.2, 0.25) is 0 Å². The molecule has 0 spiro atoms. The van der Waals surface area contributed by atoms with Crippen LogP contribution in [0.4, 0.5) is 0 Å². The Morgan fingerprint density at radius 1 is 1.29 bits per heavy atom. The Labute approximate surface area is 103 Å². The molecule has 0 atom stereocenters. The van der Waals surface area contributed by atoms with Crippen molar-refractivity contribution in [3.8, 4) is 11.5 Å². The molecule has 0 fully saturated rings. The number of nitrogens with zero attached hydrogens (tertiary/aromatic N) is 1. The first-order chi connectivity index (χ1) is 8.51. The lowest BCUT2D eigenvalue weighted by Gasteiger charge is -2.09. The predicted molar refractivity (Wildman–Crippen MR) is 62.4 cm³/mol. The van der Waals surface area contributed by atoms with E-state index >= 15 is 0 Å². The molecular formula is C10H16BrNO2. The number of rotatable bonds is 3. The highest BCUT2D eigenvalue weighted by Crippen LogP contribution is 2.24. The second-order valence-electron chi connectivity index (χ2n) is 2.72. The molecule has 0 aliphatic heterocycles. The van der Waals surface area contributed by atoms with Gasteiger partial charge in [-0.25, -0.2) is 0 Å². The fourth-order valence-electron chi connectivity index (χ4n) is 0.965. The van der Waals surface area contributed by atoms with Crippen LogP contribution >= 0.6 is 17.0 Å². The fraction of sp³-hybridized carbons (Fsp3) is 0.400. The van der Waals surface area contributed by atoms with E-state index < -0.39 is 14.0 Å². The summed E-state index contributed by atoms with van der Waals surface area (Å²) in [6.07, 6.45) is 0.130. The minimum Gasteiger partial charge on any atom is -0.504 e. The second kappa shape index (κ2) is 5.88. The fourth-order valence-corrected chi connectivity index (χ4v) is 0.965. The summed E-state index contributed by atoms with van der Waals surface area (Å²) in [5.41, 5.74) is 0.536. The van der Waals surface area contributed by atoms with Crippen LogP contribution < -0.4 is 0 Å². The minimum atomic E-state index is -2.72. The van der Waals surface area contributed by atoms with Crippen LogP contribution in [0, 0.1) is 0 Å². The predicted octanol–water partition coefficient (Wildman–Crippen LogP) is 1.78.